The summed E-state index contributed by atoms with van der Waals surface area (Å²) in [6.07, 6.45) is 0. The van der Waals surface area contributed by atoms with Crippen LogP contribution in [-0.2, 0) is 6.54 Å². The van der Waals surface area contributed by atoms with Crippen molar-refractivity contribution in [2.45, 2.75) is 26.3 Å². The van der Waals surface area contributed by atoms with E-state index >= 15 is 0 Å². The predicted molar refractivity (Wildman–Crippen MR) is 69.7 cm³/mol. The van der Waals surface area contributed by atoms with Crippen molar-refractivity contribution in [3.05, 3.63) is 46.0 Å². The molecule has 0 bridgehead atoms. The largest absolute Gasteiger partial charge is 0.297 e. The van der Waals surface area contributed by atoms with E-state index in [0.717, 1.165) is 16.4 Å². The Bertz CT molecular complexity index is 503. The van der Waals surface area contributed by atoms with Crippen molar-refractivity contribution in [2.24, 2.45) is 0 Å². The number of benzene rings is 1. The normalized spacial score (nSPS) is 11.1. The molecule has 0 N–H and O–H groups in total. The molecule has 2 rings (SSSR count). The quantitative estimate of drug-likeness (QED) is 0.850. The molecular formula is C12H13Cl2N3. The fraction of sp³-hybridized carbons (Fsp3) is 0.333. The Morgan fingerprint density at radius 3 is 2.35 bits per heavy atom. The minimum absolute atomic E-state index is 0.294. The fourth-order valence-electron chi connectivity index (χ4n) is 1.64. The Labute approximate surface area is 110 Å². The summed E-state index contributed by atoms with van der Waals surface area (Å²) in [5.41, 5.74) is 1.12. The minimum Gasteiger partial charge on any atom is -0.297 e. The molecule has 0 atom stereocenters. The summed E-state index contributed by atoms with van der Waals surface area (Å²) in [4.78, 5) is 0. The molecule has 0 aliphatic carbocycles. The first-order valence-corrected chi connectivity index (χ1v) is 6.16. The molecule has 0 spiro atoms. The molecule has 0 aliphatic rings. The van der Waals surface area contributed by atoms with Gasteiger partial charge in [0.05, 0.1) is 6.54 Å². The molecular weight excluding hydrogens is 257 g/mol. The van der Waals surface area contributed by atoms with Gasteiger partial charge in [0.2, 0.25) is 5.28 Å². The van der Waals surface area contributed by atoms with Gasteiger partial charge in [0.1, 0.15) is 5.82 Å². The number of aromatic nitrogens is 3. The average molecular weight is 270 g/mol. The standard InChI is InChI=1S/C12H13Cl2N3/c1-8(2)11-15-16-12(14)17(11)7-9-3-5-10(13)6-4-9/h3-6,8H,7H2,1-2H3. The third-order valence-corrected chi connectivity index (χ3v) is 3.04. The van der Waals surface area contributed by atoms with Crippen LogP contribution in [-0.4, -0.2) is 14.8 Å². The molecule has 1 aromatic carbocycles. The van der Waals surface area contributed by atoms with Crippen molar-refractivity contribution in [1.82, 2.24) is 14.8 Å². The number of nitrogens with zero attached hydrogens (tertiary/aromatic N) is 3. The van der Waals surface area contributed by atoms with Gasteiger partial charge in [-0.05, 0) is 29.3 Å². The Kier molecular flexibility index (Phi) is 3.69. The van der Waals surface area contributed by atoms with Crippen LogP contribution in [0, 0.1) is 0 Å². The second kappa shape index (κ2) is 5.07. The van der Waals surface area contributed by atoms with Crippen LogP contribution in [0.4, 0.5) is 0 Å². The van der Waals surface area contributed by atoms with Gasteiger partial charge < -0.3 is 0 Å². The maximum atomic E-state index is 6.03. The molecule has 90 valence electrons. The molecule has 0 amide bonds. The molecule has 3 nitrogen and oxygen atoms in total. The van der Waals surface area contributed by atoms with Crippen molar-refractivity contribution in [3.63, 3.8) is 0 Å². The smallest absolute Gasteiger partial charge is 0.225 e. The number of hydrogen-bond acceptors (Lipinski definition) is 2. The zero-order chi connectivity index (χ0) is 12.4. The highest BCUT2D eigenvalue weighted by molar-refractivity contribution is 6.30. The summed E-state index contributed by atoms with van der Waals surface area (Å²) >= 11 is 11.9. The zero-order valence-electron chi connectivity index (χ0n) is 9.69. The van der Waals surface area contributed by atoms with Crippen LogP contribution in [0.25, 0.3) is 0 Å². The molecule has 0 unspecified atom stereocenters. The Morgan fingerprint density at radius 2 is 1.76 bits per heavy atom. The molecule has 0 fully saturated rings. The van der Waals surface area contributed by atoms with E-state index in [1.807, 2.05) is 28.8 Å². The minimum atomic E-state index is 0.294. The van der Waals surface area contributed by atoms with Crippen LogP contribution >= 0.6 is 23.2 Å². The Hall–Kier alpha value is -1.06. The summed E-state index contributed by atoms with van der Waals surface area (Å²) in [5.74, 6) is 1.19. The first kappa shape index (κ1) is 12.4. The Morgan fingerprint density at radius 1 is 1.12 bits per heavy atom. The summed E-state index contributed by atoms with van der Waals surface area (Å²) < 4.78 is 1.91. The van der Waals surface area contributed by atoms with E-state index in [2.05, 4.69) is 24.0 Å². The van der Waals surface area contributed by atoms with E-state index in [1.54, 1.807) is 0 Å². The van der Waals surface area contributed by atoms with Crippen LogP contribution in [0.2, 0.25) is 10.3 Å². The number of hydrogen-bond donors (Lipinski definition) is 0. The van der Waals surface area contributed by atoms with Crippen LogP contribution in [0.1, 0.15) is 31.2 Å². The van der Waals surface area contributed by atoms with Gasteiger partial charge in [-0.3, -0.25) is 4.57 Å². The van der Waals surface area contributed by atoms with E-state index in [1.165, 1.54) is 0 Å². The molecule has 1 aromatic heterocycles. The van der Waals surface area contributed by atoms with Crippen molar-refractivity contribution in [2.75, 3.05) is 0 Å². The molecule has 0 radical (unpaired) electrons. The lowest BCUT2D eigenvalue weighted by atomic mass is 10.2. The van der Waals surface area contributed by atoms with Crippen LogP contribution in [0.5, 0.6) is 0 Å². The summed E-state index contributed by atoms with van der Waals surface area (Å²) in [6.45, 7) is 4.80. The third-order valence-electron chi connectivity index (χ3n) is 2.50. The lowest BCUT2D eigenvalue weighted by Gasteiger charge is -2.10. The highest BCUT2D eigenvalue weighted by Gasteiger charge is 2.13. The number of rotatable bonds is 3. The van der Waals surface area contributed by atoms with E-state index in [4.69, 9.17) is 23.2 Å². The molecule has 0 aliphatic heterocycles. The molecule has 0 saturated heterocycles. The first-order chi connectivity index (χ1) is 8.08. The van der Waals surface area contributed by atoms with Crippen LogP contribution in [0.3, 0.4) is 0 Å². The first-order valence-electron chi connectivity index (χ1n) is 5.41. The predicted octanol–water partition coefficient (Wildman–Crippen LogP) is 3.76. The Balaban J connectivity index is 2.29. The van der Waals surface area contributed by atoms with Gasteiger partial charge in [-0.2, -0.15) is 0 Å². The van der Waals surface area contributed by atoms with Crippen molar-refractivity contribution >= 4 is 23.2 Å². The summed E-state index contributed by atoms with van der Waals surface area (Å²) in [7, 11) is 0. The third kappa shape index (κ3) is 2.79. The van der Waals surface area contributed by atoms with Gasteiger partial charge in [0.15, 0.2) is 0 Å². The van der Waals surface area contributed by atoms with Gasteiger partial charge in [0, 0.05) is 10.9 Å². The van der Waals surface area contributed by atoms with Gasteiger partial charge in [-0.1, -0.05) is 37.6 Å². The van der Waals surface area contributed by atoms with Crippen LogP contribution < -0.4 is 0 Å². The van der Waals surface area contributed by atoms with E-state index in [-0.39, 0.29) is 0 Å². The zero-order valence-corrected chi connectivity index (χ0v) is 11.2. The monoisotopic (exact) mass is 269 g/mol. The molecule has 17 heavy (non-hydrogen) atoms. The van der Waals surface area contributed by atoms with Crippen LogP contribution in [0.15, 0.2) is 24.3 Å². The van der Waals surface area contributed by atoms with E-state index < -0.39 is 0 Å². The second-order valence-electron chi connectivity index (χ2n) is 4.19. The molecule has 2 aromatic rings. The van der Waals surface area contributed by atoms with Crippen molar-refractivity contribution < 1.29 is 0 Å². The lowest BCUT2D eigenvalue weighted by Crippen LogP contribution is -2.06. The maximum absolute atomic E-state index is 6.03. The summed E-state index contributed by atoms with van der Waals surface area (Å²) in [6, 6.07) is 7.68. The molecule has 0 saturated carbocycles. The highest BCUT2D eigenvalue weighted by atomic mass is 35.5. The summed E-state index contributed by atoms with van der Waals surface area (Å²) in [5, 5.41) is 9.14. The van der Waals surface area contributed by atoms with Gasteiger partial charge in [-0.25, -0.2) is 0 Å². The average Bonchev–Trinajstić information content (AvgIpc) is 2.64. The van der Waals surface area contributed by atoms with E-state index in [9.17, 15) is 0 Å². The topological polar surface area (TPSA) is 30.7 Å². The second-order valence-corrected chi connectivity index (χ2v) is 4.97. The maximum Gasteiger partial charge on any atom is 0.225 e. The van der Waals surface area contributed by atoms with Gasteiger partial charge in [0.25, 0.3) is 0 Å². The van der Waals surface area contributed by atoms with Crippen molar-refractivity contribution in [1.29, 1.82) is 0 Å². The molecule has 5 heteroatoms. The number of halogens is 2. The van der Waals surface area contributed by atoms with E-state index in [0.29, 0.717) is 17.7 Å². The fourth-order valence-corrected chi connectivity index (χ4v) is 1.95. The molecule has 1 heterocycles. The van der Waals surface area contributed by atoms with Gasteiger partial charge >= 0.3 is 0 Å². The lowest BCUT2D eigenvalue weighted by molar-refractivity contribution is 0.669. The van der Waals surface area contributed by atoms with Gasteiger partial charge in [-0.15, -0.1) is 10.2 Å². The SMILES string of the molecule is CC(C)c1nnc(Cl)n1Cc1ccc(Cl)cc1. The van der Waals surface area contributed by atoms with Crippen molar-refractivity contribution in [3.8, 4) is 0 Å². The highest BCUT2D eigenvalue weighted by Crippen LogP contribution is 2.19.